The maximum atomic E-state index is 12.6. The van der Waals surface area contributed by atoms with Crippen LogP contribution in [0.15, 0.2) is 0 Å². The number of unbranched alkanes of at least 4 members (excludes halogenated alkanes) is 15. The van der Waals surface area contributed by atoms with Crippen molar-refractivity contribution in [1.82, 2.24) is 4.90 Å². The Labute approximate surface area is 245 Å². The highest BCUT2D eigenvalue weighted by Gasteiger charge is 2.35. The number of likely N-dealkylation sites (tertiary alicyclic amines) is 1. The van der Waals surface area contributed by atoms with Gasteiger partial charge in [-0.3, -0.25) is 4.79 Å². The van der Waals surface area contributed by atoms with Crippen LogP contribution < -0.4 is 0 Å². The molecule has 3 nitrogen and oxygen atoms in total. The minimum absolute atomic E-state index is 0.0495. The molecule has 0 aromatic carbocycles. The lowest BCUT2D eigenvalue weighted by atomic mass is 10.0. The van der Waals surface area contributed by atoms with E-state index < -0.39 is 0 Å². The maximum absolute atomic E-state index is 12.6. The van der Waals surface area contributed by atoms with E-state index in [4.69, 9.17) is 4.74 Å². The summed E-state index contributed by atoms with van der Waals surface area (Å²) >= 11 is 0. The zero-order valence-electron chi connectivity index (χ0n) is 26.7. The van der Waals surface area contributed by atoms with Crippen LogP contribution >= 0.6 is 0 Å². The molecule has 0 aromatic heterocycles. The summed E-state index contributed by atoms with van der Waals surface area (Å²) in [4.78, 5) is 15.1. The van der Waals surface area contributed by atoms with Crippen LogP contribution in [0, 0.1) is 11.8 Å². The number of esters is 1. The van der Waals surface area contributed by atoms with Crippen molar-refractivity contribution < 1.29 is 9.53 Å². The first-order valence-corrected chi connectivity index (χ1v) is 18.1. The van der Waals surface area contributed by atoms with E-state index in [1.165, 1.54) is 154 Å². The summed E-state index contributed by atoms with van der Waals surface area (Å²) in [7, 11) is 0. The topological polar surface area (TPSA) is 29.5 Å². The number of carbonyl (C=O) groups excluding carboxylic acids is 1. The normalized spacial score (nSPS) is 20.3. The number of ether oxygens (including phenoxy) is 1. The van der Waals surface area contributed by atoms with Gasteiger partial charge in [-0.15, -0.1) is 0 Å². The van der Waals surface area contributed by atoms with Crippen LogP contribution in [-0.2, 0) is 9.53 Å². The second-order valence-corrected chi connectivity index (χ2v) is 13.3. The molecule has 3 atom stereocenters. The first kappa shape index (κ1) is 34.6. The van der Waals surface area contributed by atoms with Crippen molar-refractivity contribution in [2.75, 3.05) is 19.6 Å². The Bertz CT molecular complexity index is 558. The number of carbonyl (C=O) groups is 1. The van der Waals surface area contributed by atoms with E-state index in [-0.39, 0.29) is 12.1 Å². The third-order valence-electron chi connectivity index (χ3n) is 9.61. The molecule has 230 valence electrons. The summed E-state index contributed by atoms with van der Waals surface area (Å²) in [5.41, 5.74) is 0. The molecular formula is C36H69NO2. The summed E-state index contributed by atoms with van der Waals surface area (Å²) in [6.45, 7) is 7.80. The Kier molecular flexibility index (Phi) is 21.4. The molecule has 2 rings (SSSR count). The lowest BCUT2D eigenvalue weighted by molar-refractivity contribution is -0.150. The molecule has 2 aliphatic rings. The van der Waals surface area contributed by atoms with Crippen molar-refractivity contribution in [2.24, 2.45) is 11.8 Å². The fourth-order valence-corrected chi connectivity index (χ4v) is 6.78. The molecule has 0 unspecified atom stereocenters. The van der Waals surface area contributed by atoms with Crippen molar-refractivity contribution in [3.63, 3.8) is 0 Å². The van der Waals surface area contributed by atoms with Crippen LogP contribution in [-0.4, -0.2) is 36.6 Å². The van der Waals surface area contributed by atoms with Crippen LogP contribution in [0.4, 0.5) is 0 Å². The highest BCUT2D eigenvalue weighted by atomic mass is 16.5. The minimum Gasteiger partial charge on any atom is -0.462 e. The summed E-state index contributed by atoms with van der Waals surface area (Å²) in [6, 6.07) is 0. The van der Waals surface area contributed by atoms with E-state index in [1.54, 1.807) is 0 Å². The van der Waals surface area contributed by atoms with Crippen LogP contribution in [0.5, 0.6) is 0 Å². The fourth-order valence-electron chi connectivity index (χ4n) is 6.78. The molecule has 2 fully saturated rings. The van der Waals surface area contributed by atoms with Gasteiger partial charge in [-0.05, 0) is 69.9 Å². The quantitative estimate of drug-likeness (QED) is 0.0756. The van der Waals surface area contributed by atoms with E-state index in [1.807, 2.05) is 0 Å². The molecule has 3 heteroatoms. The molecule has 1 aliphatic carbocycles. The number of hydrogen-bond donors (Lipinski definition) is 0. The first-order valence-electron chi connectivity index (χ1n) is 18.1. The van der Waals surface area contributed by atoms with Gasteiger partial charge in [0.1, 0.15) is 6.10 Å². The maximum Gasteiger partial charge on any atom is 0.307 e. The number of nitrogens with zero attached hydrogens (tertiary/aromatic N) is 1. The predicted molar refractivity (Wildman–Crippen MR) is 169 cm³/mol. The zero-order valence-corrected chi connectivity index (χ0v) is 26.7. The smallest absolute Gasteiger partial charge is 0.307 e. The van der Waals surface area contributed by atoms with Gasteiger partial charge in [-0.1, -0.05) is 136 Å². The number of hydrogen-bond acceptors (Lipinski definition) is 3. The number of piperidine rings is 1. The van der Waals surface area contributed by atoms with Gasteiger partial charge in [-0.25, -0.2) is 0 Å². The van der Waals surface area contributed by atoms with Crippen molar-refractivity contribution in [2.45, 2.75) is 193 Å². The highest BCUT2D eigenvalue weighted by molar-refractivity contribution is 5.69. The molecule has 0 aromatic rings. The Hall–Kier alpha value is -0.570. The van der Waals surface area contributed by atoms with E-state index in [0.29, 0.717) is 6.42 Å². The summed E-state index contributed by atoms with van der Waals surface area (Å²) < 4.78 is 6.06. The first-order chi connectivity index (χ1) is 19.2. The predicted octanol–water partition coefficient (Wildman–Crippen LogP) is 11.0. The van der Waals surface area contributed by atoms with Gasteiger partial charge in [-0.2, -0.15) is 0 Å². The van der Waals surface area contributed by atoms with E-state index >= 15 is 0 Å². The largest absolute Gasteiger partial charge is 0.462 e. The molecule has 1 saturated heterocycles. The SMILES string of the molecule is CCCCCCCCC[C@H](CCCCCCC[C@@H]1C[C@@H]1CCCCCCCC)OC(=O)CCN1CCCCC1. The molecule has 0 amide bonds. The van der Waals surface area contributed by atoms with Gasteiger partial charge in [0.05, 0.1) is 6.42 Å². The summed E-state index contributed by atoms with van der Waals surface area (Å²) in [5.74, 6) is 2.19. The Balaban J connectivity index is 1.51. The van der Waals surface area contributed by atoms with Crippen LogP contribution in [0.3, 0.4) is 0 Å². The van der Waals surface area contributed by atoms with Gasteiger partial charge in [0.2, 0.25) is 0 Å². The van der Waals surface area contributed by atoms with E-state index in [2.05, 4.69) is 18.7 Å². The summed E-state index contributed by atoms with van der Waals surface area (Å²) in [5, 5.41) is 0. The van der Waals surface area contributed by atoms with Crippen LogP contribution in [0.25, 0.3) is 0 Å². The average molecular weight is 548 g/mol. The lowest BCUT2D eigenvalue weighted by Gasteiger charge is -2.26. The van der Waals surface area contributed by atoms with Crippen LogP contribution in [0.1, 0.15) is 187 Å². The third kappa shape index (κ3) is 19.2. The molecule has 0 N–H and O–H groups in total. The summed E-state index contributed by atoms with van der Waals surface area (Å²) in [6.07, 6.45) is 36.0. The molecule has 39 heavy (non-hydrogen) atoms. The molecular weight excluding hydrogens is 478 g/mol. The van der Waals surface area contributed by atoms with Gasteiger partial charge < -0.3 is 9.64 Å². The highest BCUT2D eigenvalue weighted by Crippen LogP contribution is 2.45. The standard InChI is InChI=1S/C36H69NO2/c1-3-5-7-9-11-15-20-26-35(39-36(38)28-31-37-29-22-17-23-30-37)27-21-16-12-14-19-25-34-32-33(34)24-18-13-10-8-6-4-2/h33-35H,3-32H2,1-2H3/t33-,34+,35+/m0/s1. The van der Waals surface area contributed by atoms with E-state index in [9.17, 15) is 4.79 Å². The van der Waals surface area contributed by atoms with Crippen molar-refractivity contribution in [3.8, 4) is 0 Å². The fraction of sp³-hybridized carbons (Fsp3) is 0.972. The zero-order chi connectivity index (χ0) is 27.8. The Morgan fingerprint density at radius 1 is 0.641 bits per heavy atom. The van der Waals surface area contributed by atoms with Gasteiger partial charge >= 0.3 is 5.97 Å². The average Bonchev–Trinajstić information content (AvgIpc) is 3.71. The molecule has 0 radical (unpaired) electrons. The monoisotopic (exact) mass is 548 g/mol. The lowest BCUT2D eigenvalue weighted by Crippen LogP contribution is -2.32. The second-order valence-electron chi connectivity index (χ2n) is 13.3. The van der Waals surface area contributed by atoms with Gasteiger partial charge in [0.25, 0.3) is 0 Å². The third-order valence-corrected chi connectivity index (χ3v) is 9.61. The second kappa shape index (κ2) is 24.1. The Morgan fingerprint density at radius 2 is 1.10 bits per heavy atom. The van der Waals surface area contributed by atoms with Crippen molar-refractivity contribution in [3.05, 3.63) is 0 Å². The number of rotatable bonds is 27. The van der Waals surface area contributed by atoms with Gasteiger partial charge in [0.15, 0.2) is 0 Å². The molecule has 0 bridgehead atoms. The molecule has 1 heterocycles. The van der Waals surface area contributed by atoms with Crippen molar-refractivity contribution >= 4 is 5.97 Å². The van der Waals surface area contributed by atoms with Gasteiger partial charge in [0, 0.05) is 6.54 Å². The minimum atomic E-state index is 0.0495. The van der Waals surface area contributed by atoms with E-state index in [0.717, 1.165) is 44.3 Å². The Morgan fingerprint density at radius 3 is 1.62 bits per heavy atom. The molecule has 1 saturated carbocycles. The van der Waals surface area contributed by atoms with Crippen molar-refractivity contribution in [1.29, 1.82) is 0 Å². The molecule has 1 aliphatic heterocycles. The van der Waals surface area contributed by atoms with Crippen LogP contribution in [0.2, 0.25) is 0 Å². The molecule has 0 spiro atoms.